The minimum absolute atomic E-state index is 0.189. The first-order valence-corrected chi connectivity index (χ1v) is 11.3. The maximum Gasteiger partial charge on any atom is 0.255 e. The summed E-state index contributed by atoms with van der Waals surface area (Å²) in [6, 6.07) is 6.36. The molecule has 1 amide bonds. The van der Waals surface area contributed by atoms with E-state index in [1.165, 1.54) is 22.8 Å². The lowest BCUT2D eigenvalue weighted by molar-refractivity contribution is -0.124. The Hall–Kier alpha value is -2.01. The lowest BCUT2D eigenvalue weighted by Gasteiger charge is -2.25. The van der Waals surface area contributed by atoms with E-state index in [1.54, 1.807) is 24.3 Å². The van der Waals surface area contributed by atoms with Gasteiger partial charge in [-0.3, -0.25) is 10.1 Å². The zero-order chi connectivity index (χ0) is 19.7. The van der Waals surface area contributed by atoms with E-state index < -0.39 is 16.1 Å². The fourth-order valence-electron chi connectivity index (χ4n) is 3.30. The minimum Gasteiger partial charge on any atom is -0.497 e. The third-order valence-corrected chi connectivity index (χ3v) is 7.70. The maximum atomic E-state index is 12.9. The summed E-state index contributed by atoms with van der Waals surface area (Å²) in [5.41, 5.74) is 0.842. The van der Waals surface area contributed by atoms with Gasteiger partial charge >= 0.3 is 0 Å². The molecule has 1 unspecified atom stereocenters. The van der Waals surface area contributed by atoms with Crippen molar-refractivity contribution in [3.63, 3.8) is 0 Å². The Morgan fingerprint density at radius 2 is 2.14 bits per heavy atom. The zero-order valence-corrected chi connectivity index (χ0v) is 17.0. The molecule has 1 aromatic heterocycles. The molecular formula is C18H21N3O5S2. The summed E-state index contributed by atoms with van der Waals surface area (Å²) in [6.07, 6.45) is 1.68. The lowest BCUT2D eigenvalue weighted by Crippen LogP contribution is -2.35. The van der Waals surface area contributed by atoms with Gasteiger partial charge in [-0.2, -0.15) is 4.31 Å². The van der Waals surface area contributed by atoms with Gasteiger partial charge in [-0.1, -0.05) is 0 Å². The number of rotatable bonds is 5. The first kappa shape index (κ1) is 19.3. The van der Waals surface area contributed by atoms with E-state index >= 15 is 0 Å². The average molecular weight is 424 g/mol. The summed E-state index contributed by atoms with van der Waals surface area (Å²) in [4.78, 5) is 17.8. The lowest BCUT2D eigenvalue weighted by atomic mass is 10.2. The Morgan fingerprint density at radius 3 is 2.82 bits per heavy atom. The molecule has 1 N–H and O–H groups in total. The van der Waals surface area contributed by atoms with Gasteiger partial charge in [0.15, 0.2) is 5.13 Å². The molecule has 2 aliphatic rings. The van der Waals surface area contributed by atoms with E-state index in [9.17, 15) is 13.2 Å². The molecule has 0 saturated carbocycles. The number of methoxy groups -OCH3 is 1. The molecule has 1 saturated heterocycles. The van der Waals surface area contributed by atoms with Crippen LogP contribution in [0.3, 0.4) is 0 Å². The molecule has 10 heteroatoms. The van der Waals surface area contributed by atoms with Crippen molar-refractivity contribution in [2.24, 2.45) is 0 Å². The van der Waals surface area contributed by atoms with E-state index in [-0.39, 0.29) is 17.3 Å². The largest absolute Gasteiger partial charge is 0.497 e. The highest BCUT2D eigenvalue weighted by Crippen LogP contribution is 2.31. The predicted octanol–water partition coefficient (Wildman–Crippen LogP) is 2.02. The highest BCUT2D eigenvalue weighted by Gasteiger charge is 2.31. The fraction of sp³-hybridized carbons (Fsp3) is 0.444. The molecule has 150 valence electrons. The topological polar surface area (TPSA) is 97.8 Å². The molecule has 0 radical (unpaired) electrons. The van der Waals surface area contributed by atoms with Crippen molar-refractivity contribution < 1.29 is 22.7 Å². The van der Waals surface area contributed by atoms with Crippen molar-refractivity contribution in [3.8, 4) is 5.75 Å². The van der Waals surface area contributed by atoms with E-state index in [0.29, 0.717) is 36.9 Å². The van der Waals surface area contributed by atoms with Crippen molar-refractivity contribution in [3.05, 3.63) is 34.8 Å². The Kier molecular flexibility index (Phi) is 5.37. The number of aromatic nitrogens is 1. The Labute approximate surface area is 167 Å². The number of thiazole rings is 1. The molecular weight excluding hydrogens is 402 g/mol. The molecule has 0 aliphatic carbocycles. The van der Waals surface area contributed by atoms with Crippen LogP contribution < -0.4 is 10.1 Å². The molecule has 2 aromatic rings. The number of sulfonamides is 1. The number of hydrogen-bond acceptors (Lipinski definition) is 7. The van der Waals surface area contributed by atoms with Gasteiger partial charge < -0.3 is 9.47 Å². The zero-order valence-electron chi connectivity index (χ0n) is 15.4. The van der Waals surface area contributed by atoms with Crippen LogP contribution >= 0.6 is 11.3 Å². The van der Waals surface area contributed by atoms with Gasteiger partial charge in [0.05, 0.1) is 24.2 Å². The second-order valence-corrected chi connectivity index (χ2v) is 9.67. The van der Waals surface area contributed by atoms with Crippen molar-refractivity contribution in [1.82, 2.24) is 9.29 Å². The second-order valence-electron chi connectivity index (χ2n) is 6.64. The number of carbonyl (C=O) groups is 1. The van der Waals surface area contributed by atoms with Crippen LogP contribution in [0.15, 0.2) is 29.2 Å². The highest BCUT2D eigenvalue weighted by atomic mass is 32.2. The van der Waals surface area contributed by atoms with Gasteiger partial charge in [0.25, 0.3) is 5.91 Å². The number of hydrogen-bond donors (Lipinski definition) is 1. The smallest absolute Gasteiger partial charge is 0.255 e. The van der Waals surface area contributed by atoms with Gasteiger partial charge in [-0.25, -0.2) is 13.4 Å². The standard InChI is InChI=1S/C18H21N3O5S2/c1-25-12-4-6-13(7-5-12)28(23,24)21-9-8-14-16(11-21)27-18(19-14)20-17(22)15-3-2-10-26-15/h4-7,15H,2-3,8-11H2,1H3,(H,19,20,22). The third kappa shape index (κ3) is 3.77. The van der Waals surface area contributed by atoms with Gasteiger partial charge in [-0.15, -0.1) is 11.3 Å². The molecule has 1 atom stereocenters. The van der Waals surface area contributed by atoms with Crippen molar-refractivity contribution in [1.29, 1.82) is 0 Å². The van der Waals surface area contributed by atoms with Crippen LogP contribution in [0.2, 0.25) is 0 Å². The average Bonchev–Trinajstić information content (AvgIpc) is 3.36. The number of ether oxygens (including phenoxy) is 2. The molecule has 4 rings (SSSR count). The van der Waals surface area contributed by atoms with Crippen LogP contribution in [0.25, 0.3) is 0 Å². The summed E-state index contributed by atoms with van der Waals surface area (Å²) in [5.74, 6) is 0.417. The maximum absolute atomic E-state index is 12.9. The molecule has 8 nitrogen and oxygen atoms in total. The van der Waals surface area contributed by atoms with Crippen LogP contribution in [-0.4, -0.2) is 50.0 Å². The Bertz CT molecular complexity index is 966. The molecule has 0 spiro atoms. The van der Waals surface area contributed by atoms with Crippen molar-refractivity contribution >= 4 is 32.4 Å². The van der Waals surface area contributed by atoms with E-state index in [0.717, 1.165) is 17.0 Å². The van der Waals surface area contributed by atoms with Crippen molar-refractivity contribution in [2.45, 2.75) is 36.8 Å². The number of amides is 1. The summed E-state index contributed by atoms with van der Waals surface area (Å²) in [5, 5.41) is 3.30. The predicted molar refractivity (Wildman–Crippen MR) is 104 cm³/mol. The van der Waals surface area contributed by atoms with Gasteiger partial charge in [0.1, 0.15) is 11.9 Å². The first-order chi connectivity index (χ1) is 13.5. The van der Waals surface area contributed by atoms with Gasteiger partial charge in [0, 0.05) is 24.4 Å². The minimum atomic E-state index is -3.61. The first-order valence-electron chi connectivity index (χ1n) is 9.02. The second kappa shape index (κ2) is 7.78. The Morgan fingerprint density at radius 1 is 1.36 bits per heavy atom. The Balaban J connectivity index is 1.48. The highest BCUT2D eigenvalue weighted by molar-refractivity contribution is 7.89. The van der Waals surface area contributed by atoms with Crippen LogP contribution in [0.1, 0.15) is 23.4 Å². The van der Waals surface area contributed by atoms with Gasteiger partial charge in [0.2, 0.25) is 10.0 Å². The van der Waals surface area contributed by atoms with Gasteiger partial charge in [-0.05, 0) is 37.1 Å². The normalized spacial score (nSPS) is 20.0. The van der Waals surface area contributed by atoms with Crippen LogP contribution in [0.5, 0.6) is 5.75 Å². The molecule has 0 bridgehead atoms. The molecule has 1 aromatic carbocycles. The van der Waals surface area contributed by atoms with E-state index in [2.05, 4.69) is 10.3 Å². The fourth-order valence-corrected chi connectivity index (χ4v) is 5.82. The number of nitrogens with one attached hydrogen (secondary N) is 1. The molecule has 28 heavy (non-hydrogen) atoms. The number of benzene rings is 1. The number of carbonyl (C=O) groups excluding carboxylic acids is 1. The van der Waals surface area contributed by atoms with Crippen LogP contribution in [-0.2, 0) is 32.5 Å². The summed E-state index contributed by atoms with van der Waals surface area (Å²) >= 11 is 1.32. The van der Waals surface area contributed by atoms with Crippen LogP contribution in [0, 0.1) is 0 Å². The summed E-state index contributed by atoms with van der Waals surface area (Å²) < 4.78 is 37.8. The number of fused-ring (bicyclic) bond motifs is 1. The summed E-state index contributed by atoms with van der Waals surface area (Å²) in [7, 11) is -2.07. The SMILES string of the molecule is COc1ccc(S(=O)(=O)N2CCc3nc(NC(=O)C4CCCO4)sc3C2)cc1. The van der Waals surface area contributed by atoms with E-state index in [1.807, 2.05) is 0 Å². The third-order valence-electron chi connectivity index (χ3n) is 4.85. The quantitative estimate of drug-likeness (QED) is 0.790. The molecule has 2 aliphatic heterocycles. The monoisotopic (exact) mass is 423 g/mol. The number of anilines is 1. The number of nitrogens with zero attached hydrogens (tertiary/aromatic N) is 2. The summed E-state index contributed by atoms with van der Waals surface area (Å²) in [6.45, 7) is 1.20. The molecule has 1 fully saturated rings. The van der Waals surface area contributed by atoms with E-state index in [4.69, 9.17) is 9.47 Å². The molecule has 3 heterocycles. The van der Waals surface area contributed by atoms with Crippen molar-refractivity contribution in [2.75, 3.05) is 25.6 Å². The van der Waals surface area contributed by atoms with Crippen LogP contribution in [0.4, 0.5) is 5.13 Å².